The fourth-order valence-corrected chi connectivity index (χ4v) is 5.48. The van der Waals surface area contributed by atoms with Crippen molar-refractivity contribution >= 4 is 26.6 Å². The Morgan fingerprint density at radius 1 is 1.26 bits per heavy atom. The predicted molar refractivity (Wildman–Crippen MR) is 118 cm³/mol. The van der Waals surface area contributed by atoms with E-state index in [1.54, 1.807) is 6.07 Å². The van der Waals surface area contributed by atoms with E-state index in [-0.39, 0.29) is 48.2 Å². The number of hydrogen-bond acceptors (Lipinski definition) is 8. The lowest BCUT2D eigenvalue weighted by Crippen LogP contribution is -2.36. The van der Waals surface area contributed by atoms with E-state index in [1.807, 2.05) is 0 Å². The molecule has 0 atom stereocenters. The van der Waals surface area contributed by atoms with Gasteiger partial charge in [0.2, 0.25) is 5.88 Å². The summed E-state index contributed by atoms with van der Waals surface area (Å²) in [6, 6.07) is 7.57. The minimum absolute atomic E-state index is 0.0248. The number of sulfone groups is 1. The van der Waals surface area contributed by atoms with Crippen LogP contribution in [0.3, 0.4) is 0 Å². The highest BCUT2D eigenvalue weighted by molar-refractivity contribution is 7.91. The van der Waals surface area contributed by atoms with E-state index in [0.717, 1.165) is 6.07 Å². The first-order valence-electron chi connectivity index (χ1n) is 10.3. The van der Waals surface area contributed by atoms with Crippen LogP contribution in [0.4, 0.5) is 19.0 Å². The van der Waals surface area contributed by atoms with Gasteiger partial charge in [0.25, 0.3) is 6.43 Å². The third-order valence-electron chi connectivity index (χ3n) is 5.96. The van der Waals surface area contributed by atoms with Crippen molar-refractivity contribution in [3.63, 3.8) is 0 Å². The van der Waals surface area contributed by atoms with Crippen LogP contribution >= 0.6 is 0 Å². The van der Waals surface area contributed by atoms with Crippen LogP contribution in [0, 0.1) is 17.1 Å². The number of benzene rings is 1. The number of hydrogen-bond donors (Lipinski definition) is 1. The molecule has 4 rings (SSSR count). The monoisotopic (exact) mass is 491 g/mol. The molecule has 3 aromatic rings. The van der Waals surface area contributed by atoms with E-state index in [1.165, 1.54) is 25.6 Å². The molecular formula is C22H20F3N5O3S. The van der Waals surface area contributed by atoms with Crippen molar-refractivity contribution in [1.82, 2.24) is 15.0 Å². The summed E-state index contributed by atoms with van der Waals surface area (Å²) in [5.41, 5.74) is -1.17. The number of aromatic nitrogens is 3. The van der Waals surface area contributed by atoms with Gasteiger partial charge in [-0.3, -0.25) is 0 Å². The van der Waals surface area contributed by atoms with Crippen LogP contribution in [0.2, 0.25) is 0 Å². The van der Waals surface area contributed by atoms with Crippen LogP contribution in [0.1, 0.15) is 36.1 Å². The number of ether oxygens (including phenoxy) is 1. The molecule has 34 heavy (non-hydrogen) atoms. The van der Waals surface area contributed by atoms with Gasteiger partial charge in [0.1, 0.15) is 38.7 Å². The number of alkyl halides is 2. The average Bonchev–Trinajstić information content (AvgIpc) is 2.83. The molecule has 2 aromatic heterocycles. The van der Waals surface area contributed by atoms with Crippen LogP contribution in [0.5, 0.6) is 5.88 Å². The Hall–Kier alpha value is -3.46. The molecule has 3 heterocycles. The number of nitriles is 1. The SMILES string of the molecule is COc1nc(C2(C#N)CCS(=O)(=O)CC2)cc2c(NCc3cccc(C(F)F)c3F)ncnc12. The van der Waals surface area contributed by atoms with E-state index in [9.17, 15) is 26.9 Å². The Kier molecular flexibility index (Phi) is 6.31. The molecule has 1 N–H and O–H groups in total. The van der Waals surface area contributed by atoms with Crippen molar-refractivity contribution in [3.05, 3.63) is 53.2 Å². The fraction of sp³-hybridized carbons (Fsp3) is 0.364. The molecule has 1 aliphatic heterocycles. The standard InChI is InChI=1S/C22H20F3N5O3S/c1-33-21-18-15(9-16(30-21)22(11-26)5-7-34(31,32)8-6-22)20(29-12-28-18)27-10-13-3-2-4-14(17(13)23)19(24)25/h2-4,9,12,19H,5-8,10H2,1H3,(H,27,28,29). The molecule has 0 saturated carbocycles. The minimum atomic E-state index is -3.23. The Morgan fingerprint density at radius 2 is 2.00 bits per heavy atom. The predicted octanol–water partition coefficient (Wildman–Crippen LogP) is 3.69. The van der Waals surface area contributed by atoms with E-state index < -0.39 is 33.1 Å². The first-order valence-corrected chi connectivity index (χ1v) is 12.1. The molecule has 0 amide bonds. The van der Waals surface area contributed by atoms with Gasteiger partial charge in [0.15, 0.2) is 0 Å². The molecule has 0 spiro atoms. The summed E-state index contributed by atoms with van der Waals surface area (Å²) in [6.07, 6.45) is -1.54. The molecule has 0 radical (unpaired) electrons. The topological polar surface area (TPSA) is 118 Å². The van der Waals surface area contributed by atoms with Gasteiger partial charge < -0.3 is 10.1 Å². The fourth-order valence-electron chi connectivity index (χ4n) is 3.96. The lowest BCUT2D eigenvalue weighted by Gasteiger charge is -2.30. The van der Waals surface area contributed by atoms with Gasteiger partial charge in [-0.15, -0.1) is 0 Å². The number of fused-ring (bicyclic) bond motifs is 1. The van der Waals surface area contributed by atoms with Crippen molar-refractivity contribution < 1.29 is 26.3 Å². The molecule has 8 nitrogen and oxygen atoms in total. The molecule has 0 bridgehead atoms. The van der Waals surface area contributed by atoms with E-state index in [4.69, 9.17) is 4.74 Å². The maximum Gasteiger partial charge on any atom is 0.266 e. The summed E-state index contributed by atoms with van der Waals surface area (Å²) >= 11 is 0. The highest BCUT2D eigenvalue weighted by Gasteiger charge is 2.41. The van der Waals surface area contributed by atoms with Crippen LogP contribution in [0.15, 0.2) is 30.6 Å². The smallest absolute Gasteiger partial charge is 0.266 e. The Labute approximate surface area is 193 Å². The van der Waals surface area contributed by atoms with Crippen molar-refractivity contribution in [2.24, 2.45) is 0 Å². The van der Waals surface area contributed by atoms with Gasteiger partial charge in [-0.2, -0.15) is 5.26 Å². The average molecular weight is 491 g/mol. The lowest BCUT2D eigenvalue weighted by atomic mass is 9.79. The summed E-state index contributed by atoms with van der Waals surface area (Å²) in [5, 5.41) is 13.3. The van der Waals surface area contributed by atoms with Gasteiger partial charge in [-0.05, 0) is 18.9 Å². The van der Waals surface area contributed by atoms with Gasteiger partial charge >= 0.3 is 0 Å². The lowest BCUT2D eigenvalue weighted by molar-refractivity contribution is 0.146. The molecule has 1 aliphatic rings. The van der Waals surface area contributed by atoms with Crippen LogP contribution in [-0.4, -0.2) is 42.0 Å². The molecular weight excluding hydrogens is 471 g/mol. The summed E-state index contributed by atoms with van der Waals surface area (Å²) in [7, 11) is -1.84. The van der Waals surface area contributed by atoms with Crippen molar-refractivity contribution in [3.8, 4) is 11.9 Å². The van der Waals surface area contributed by atoms with Gasteiger partial charge in [0, 0.05) is 12.1 Å². The molecule has 12 heteroatoms. The normalized spacial score (nSPS) is 16.8. The van der Waals surface area contributed by atoms with Crippen LogP contribution in [0.25, 0.3) is 10.9 Å². The largest absolute Gasteiger partial charge is 0.479 e. The summed E-state index contributed by atoms with van der Waals surface area (Å²) in [6.45, 7) is -0.139. The summed E-state index contributed by atoms with van der Waals surface area (Å²) < 4.78 is 69.7. The van der Waals surface area contributed by atoms with Gasteiger partial charge in [0.05, 0.1) is 41.3 Å². The Balaban J connectivity index is 1.75. The second-order valence-electron chi connectivity index (χ2n) is 7.96. The maximum absolute atomic E-state index is 14.5. The highest BCUT2D eigenvalue weighted by atomic mass is 32.2. The number of halogens is 3. The first kappa shape index (κ1) is 23.7. The highest BCUT2D eigenvalue weighted by Crippen LogP contribution is 2.38. The molecule has 1 aromatic carbocycles. The minimum Gasteiger partial charge on any atom is -0.479 e. The van der Waals surface area contributed by atoms with Crippen molar-refractivity contribution in [2.75, 3.05) is 23.9 Å². The third kappa shape index (κ3) is 4.35. The maximum atomic E-state index is 14.5. The molecule has 0 unspecified atom stereocenters. The Morgan fingerprint density at radius 3 is 2.65 bits per heavy atom. The first-order chi connectivity index (χ1) is 16.2. The molecule has 178 valence electrons. The third-order valence-corrected chi connectivity index (χ3v) is 7.61. The van der Waals surface area contributed by atoms with Gasteiger partial charge in [-0.1, -0.05) is 18.2 Å². The van der Waals surface area contributed by atoms with Crippen molar-refractivity contribution in [2.45, 2.75) is 31.2 Å². The van der Waals surface area contributed by atoms with Crippen LogP contribution in [-0.2, 0) is 21.8 Å². The Bertz CT molecular complexity index is 1380. The van der Waals surface area contributed by atoms with Gasteiger partial charge in [-0.25, -0.2) is 36.5 Å². The summed E-state index contributed by atoms with van der Waals surface area (Å²) in [4.78, 5) is 12.8. The van der Waals surface area contributed by atoms with E-state index >= 15 is 0 Å². The quantitative estimate of drug-likeness (QED) is 0.555. The number of anilines is 1. The number of rotatable bonds is 6. The van der Waals surface area contributed by atoms with Crippen molar-refractivity contribution in [1.29, 1.82) is 5.26 Å². The second kappa shape index (κ2) is 9.06. The molecule has 1 fully saturated rings. The second-order valence-corrected chi connectivity index (χ2v) is 10.3. The zero-order chi connectivity index (χ0) is 24.5. The van der Waals surface area contributed by atoms with E-state index in [2.05, 4.69) is 26.3 Å². The number of pyridine rings is 1. The van der Waals surface area contributed by atoms with E-state index in [0.29, 0.717) is 16.6 Å². The van der Waals surface area contributed by atoms with Crippen LogP contribution < -0.4 is 10.1 Å². The number of methoxy groups -OCH3 is 1. The molecule has 1 saturated heterocycles. The zero-order valence-corrected chi connectivity index (χ0v) is 18.9. The number of nitrogens with zero attached hydrogens (tertiary/aromatic N) is 4. The summed E-state index contributed by atoms with van der Waals surface area (Å²) in [5.74, 6) is -0.912. The zero-order valence-electron chi connectivity index (χ0n) is 18.1. The molecule has 0 aliphatic carbocycles. The number of nitrogens with one attached hydrogen (secondary N) is 1.